The Labute approximate surface area is 243 Å². The normalized spacial score (nSPS) is 11.6. The largest absolute Gasteiger partial charge is 0.476 e. The van der Waals surface area contributed by atoms with E-state index >= 15 is 0 Å². The van der Waals surface area contributed by atoms with E-state index in [1.807, 2.05) is 77.1 Å². The number of aryl methyl sites for hydroxylation is 2. The fourth-order valence-corrected chi connectivity index (χ4v) is 4.25. The summed E-state index contributed by atoms with van der Waals surface area (Å²) < 4.78 is 16.8. The van der Waals surface area contributed by atoms with E-state index in [0.29, 0.717) is 30.3 Å². The third-order valence-corrected chi connectivity index (χ3v) is 6.55. The number of hydrogen-bond donors (Lipinski definition) is 1. The zero-order valence-electron chi connectivity index (χ0n) is 25.4. The summed E-state index contributed by atoms with van der Waals surface area (Å²) in [6.45, 7) is 15.5. The van der Waals surface area contributed by atoms with Crippen LogP contribution in [0.5, 0.6) is 5.75 Å². The van der Waals surface area contributed by atoms with Crippen LogP contribution in [0.4, 0.5) is 5.69 Å². The van der Waals surface area contributed by atoms with Crippen molar-refractivity contribution in [2.24, 2.45) is 5.41 Å². The standard InChI is InChI=1S/C33H42N2O6/c1-9-39-31(38)33(7,8)41-29-22(2)17-25(18-23(29)3)20-35(21-27-11-10-16-40-27)28(36)19-24-12-14-26(15-13-24)34-30(37)32(4,5)6/h10-18H,9,19-21H2,1-8H3,(H,34,37). The maximum absolute atomic E-state index is 13.5. The van der Waals surface area contributed by atoms with Gasteiger partial charge in [-0.15, -0.1) is 0 Å². The highest BCUT2D eigenvalue weighted by atomic mass is 16.6. The molecule has 3 aromatic rings. The van der Waals surface area contributed by atoms with Crippen molar-refractivity contribution in [2.45, 2.75) is 80.5 Å². The maximum Gasteiger partial charge on any atom is 0.349 e. The molecule has 8 nitrogen and oxygen atoms in total. The van der Waals surface area contributed by atoms with Gasteiger partial charge in [-0.2, -0.15) is 0 Å². The Morgan fingerprint density at radius 3 is 2.07 bits per heavy atom. The summed E-state index contributed by atoms with van der Waals surface area (Å²) in [5.74, 6) is 0.740. The summed E-state index contributed by atoms with van der Waals surface area (Å²) in [5.41, 5.74) is 2.53. The second-order valence-electron chi connectivity index (χ2n) is 11.8. The number of nitrogens with zero attached hydrogens (tertiary/aromatic N) is 1. The third kappa shape index (κ3) is 8.71. The van der Waals surface area contributed by atoms with Gasteiger partial charge in [0.15, 0.2) is 5.60 Å². The number of anilines is 1. The van der Waals surface area contributed by atoms with Crippen molar-refractivity contribution in [3.63, 3.8) is 0 Å². The van der Waals surface area contributed by atoms with E-state index in [4.69, 9.17) is 13.9 Å². The minimum Gasteiger partial charge on any atom is -0.476 e. The fraction of sp³-hybridized carbons (Fsp3) is 0.424. The predicted molar refractivity (Wildman–Crippen MR) is 158 cm³/mol. The van der Waals surface area contributed by atoms with Crippen LogP contribution in [0.2, 0.25) is 0 Å². The molecule has 0 radical (unpaired) electrons. The van der Waals surface area contributed by atoms with Crippen molar-refractivity contribution in [3.05, 3.63) is 82.8 Å². The molecular weight excluding hydrogens is 520 g/mol. The number of amides is 2. The Hall–Kier alpha value is -4.07. The molecule has 0 saturated carbocycles. The molecule has 0 atom stereocenters. The predicted octanol–water partition coefficient (Wildman–Crippen LogP) is 6.37. The quantitative estimate of drug-likeness (QED) is 0.273. The summed E-state index contributed by atoms with van der Waals surface area (Å²) in [6, 6.07) is 14.9. The number of nitrogens with one attached hydrogen (secondary N) is 1. The van der Waals surface area contributed by atoms with Gasteiger partial charge in [0.2, 0.25) is 11.8 Å². The first-order valence-electron chi connectivity index (χ1n) is 13.9. The lowest BCUT2D eigenvalue weighted by Crippen LogP contribution is -2.40. The molecule has 0 saturated heterocycles. The van der Waals surface area contributed by atoms with Gasteiger partial charge in [0.05, 0.1) is 25.8 Å². The highest BCUT2D eigenvalue weighted by Gasteiger charge is 2.32. The molecule has 0 unspecified atom stereocenters. The first-order valence-corrected chi connectivity index (χ1v) is 13.9. The number of ether oxygens (including phenoxy) is 2. The number of hydrogen-bond acceptors (Lipinski definition) is 6. The van der Waals surface area contributed by atoms with Gasteiger partial charge in [0, 0.05) is 17.6 Å². The van der Waals surface area contributed by atoms with E-state index in [1.165, 1.54) is 0 Å². The molecule has 0 spiro atoms. The summed E-state index contributed by atoms with van der Waals surface area (Å²) in [7, 11) is 0. The lowest BCUT2D eigenvalue weighted by Gasteiger charge is -2.27. The number of carbonyl (C=O) groups excluding carboxylic acids is 3. The van der Waals surface area contributed by atoms with Crippen LogP contribution in [0.15, 0.2) is 59.2 Å². The molecule has 1 heterocycles. The fourth-order valence-electron chi connectivity index (χ4n) is 4.25. The minimum absolute atomic E-state index is 0.0630. The van der Waals surface area contributed by atoms with Crippen LogP contribution in [-0.4, -0.2) is 34.9 Å². The highest BCUT2D eigenvalue weighted by molar-refractivity contribution is 5.94. The number of rotatable bonds is 11. The molecule has 41 heavy (non-hydrogen) atoms. The van der Waals surface area contributed by atoms with Crippen molar-refractivity contribution >= 4 is 23.5 Å². The van der Waals surface area contributed by atoms with Crippen molar-refractivity contribution in [3.8, 4) is 5.75 Å². The van der Waals surface area contributed by atoms with Gasteiger partial charge >= 0.3 is 5.97 Å². The SMILES string of the molecule is CCOC(=O)C(C)(C)Oc1c(C)cc(CN(Cc2ccco2)C(=O)Cc2ccc(NC(=O)C(C)(C)C)cc2)cc1C. The first kappa shape index (κ1) is 31.5. The highest BCUT2D eigenvalue weighted by Crippen LogP contribution is 2.30. The summed E-state index contributed by atoms with van der Waals surface area (Å²) >= 11 is 0. The number of esters is 1. The molecule has 220 valence electrons. The lowest BCUT2D eigenvalue weighted by atomic mass is 9.95. The Bertz CT molecular complexity index is 1330. The molecule has 0 aliphatic heterocycles. The van der Waals surface area contributed by atoms with Gasteiger partial charge in [-0.25, -0.2) is 4.79 Å². The average Bonchev–Trinajstić information content (AvgIpc) is 3.40. The second-order valence-corrected chi connectivity index (χ2v) is 11.8. The van der Waals surface area contributed by atoms with Gasteiger partial charge in [-0.1, -0.05) is 45.0 Å². The smallest absolute Gasteiger partial charge is 0.349 e. The van der Waals surface area contributed by atoms with Gasteiger partial charge in [-0.3, -0.25) is 9.59 Å². The topological polar surface area (TPSA) is 98.1 Å². The van der Waals surface area contributed by atoms with Gasteiger partial charge < -0.3 is 24.1 Å². The molecule has 0 fully saturated rings. The third-order valence-electron chi connectivity index (χ3n) is 6.55. The Balaban J connectivity index is 1.78. The van der Waals surface area contributed by atoms with Gasteiger partial charge in [-0.05, 0) is 81.1 Å². The molecule has 8 heteroatoms. The van der Waals surface area contributed by atoms with E-state index in [-0.39, 0.29) is 24.8 Å². The molecular formula is C33H42N2O6. The number of carbonyl (C=O) groups is 3. The Kier molecular flexibility index (Phi) is 10.0. The molecule has 1 aromatic heterocycles. The van der Waals surface area contributed by atoms with Crippen molar-refractivity contribution < 1.29 is 28.3 Å². The molecule has 2 aromatic carbocycles. The van der Waals surface area contributed by atoms with E-state index < -0.39 is 17.0 Å². The van der Waals surface area contributed by atoms with Gasteiger partial charge in [0.1, 0.15) is 11.5 Å². The van der Waals surface area contributed by atoms with E-state index in [2.05, 4.69) is 5.32 Å². The maximum atomic E-state index is 13.5. The van der Waals surface area contributed by atoms with Crippen LogP contribution in [0.1, 0.15) is 69.6 Å². The molecule has 3 rings (SSSR count). The summed E-state index contributed by atoms with van der Waals surface area (Å²) in [5, 5.41) is 2.91. The number of benzene rings is 2. The molecule has 1 N–H and O–H groups in total. The Morgan fingerprint density at radius 1 is 0.902 bits per heavy atom. The van der Waals surface area contributed by atoms with Crippen molar-refractivity contribution in [1.29, 1.82) is 0 Å². The zero-order chi connectivity index (χ0) is 30.4. The summed E-state index contributed by atoms with van der Waals surface area (Å²) in [4.78, 5) is 40.0. The van der Waals surface area contributed by atoms with Crippen molar-refractivity contribution in [1.82, 2.24) is 4.90 Å². The van der Waals surface area contributed by atoms with Gasteiger partial charge in [0.25, 0.3) is 0 Å². The van der Waals surface area contributed by atoms with E-state index in [1.54, 1.807) is 38.0 Å². The van der Waals surface area contributed by atoms with Crippen LogP contribution in [0.3, 0.4) is 0 Å². The second kappa shape index (κ2) is 13.1. The minimum atomic E-state index is -1.14. The monoisotopic (exact) mass is 562 g/mol. The average molecular weight is 563 g/mol. The molecule has 0 aliphatic carbocycles. The van der Waals surface area contributed by atoms with Crippen LogP contribution in [0.25, 0.3) is 0 Å². The lowest BCUT2D eigenvalue weighted by molar-refractivity contribution is -0.158. The summed E-state index contributed by atoms with van der Waals surface area (Å²) in [6.07, 6.45) is 1.79. The van der Waals surface area contributed by atoms with Crippen molar-refractivity contribution in [2.75, 3.05) is 11.9 Å². The van der Waals surface area contributed by atoms with Crippen LogP contribution in [0, 0.1) is 19.3 Å². The van der Waals surface area contributed by atoms with Crippen LogP contribution < -0.4 is 10.1 Å². The van der Waals surface area contributed by atoms with E-state index in [0.717, 1.165) is 22.3 Å². The molecule has 0 aliphatic rings. The molecule has 2 amide bonds. The van der Waals surface area contributed by atoms with Crippen LogP contribution >= 0.6 is 0 Å². The first-order chi connectivity index (χ1) is 19.2. The number of furan rings is 1. The molecule has 0 bridgehead atoms. The van der Waals surface area contributed by atoms with E-state index in [9.17, 15) is 14.4 Å². The zero-order valence-corrected chi connectivity index (χ0v) is 25.4. The van der Waals surface area contributed by atoms with Crippen LogP contribution in [-0.2, 0) is 38.6 Å². The Morgan fingerprint density at radius 2 is 1.54 bits per heavy atom.